The quantitative estimate of drug-likeness (QED) is 0.628. The van der Waals surface area contributed by atoms with Crippen LogP contribution in [0.4, 0.5) is 11.4 Å². The third-order valence-electron chi connectivity index (χ3n) is 3.80. The van der Waals surface area contributed by atoms with Gasteiger partial charge in [0, 0.05) is 18.7 Å². The smallest absolute Gasteiger partial charge is 0.271 e. The van der Waals surface area contributed by atoms with Crippen LogP contribution in [0, 0.1) is 10.1 Å². The highest BCUT2D eigenvalue weighted by Crippen LogP contribution is 2.32. The Balaban J connectivity index is 1.63. The van der Waals surface area contributed by atoms with Crippen LogP contribution in [0.3, 0.4) is 0 Å². The van der Waals surface area contributed by atoms with E-state index in [0.717, 1.165) is 17.7 Å². The average Bonchev–Trinajstić information content (AvgIpc) is 2.98. The Hall–Kier alpha value is -2.89. The Morgan fingerprint density at radius 1 is 1.22 bits per heavy atom. The largest absolute Gasteiger partial charge is 0.493 e. The van der Waals surface area contributed by atoms with E-state index in [2.05, 4.69) is 0 Å². The Labute approximate surface area is 133 Å². The van der Waals surface area contributed by atoms with Crippen molar-refractivity contribution < 1.29 is 14.5 Å². The molecule has 1 amide bonds. The molecule has 1 aliphatic heterocycles. The number of amides is 1. The van der Waals surface area contributed by atoms with Gasteiger partial charge >= 0.3 is 0 Å². The molecule has 2 aromatic rings. The molecule has 1 aliphatic rings. The first kappa shape index (κ1) is 15.0. The van der Waals surface area contributed by atoms with Gasteiger partial charge in [0.1, 0.15) is 5.75 Å². The molecule has 0 unspecified atom stereocenters. The first-order valence-corrected chi connectivity index (χ1v) is 7.40. The van der Waals surface area contributed by atoms with Gasteiger partial charge in [-0.1, -0.05) is 24.3 Å². The Morgan fingerprint density at radius 3 is 2.74 bits per heavy atom. The third kappa shape index (κ3) is 3.31. The van der Waals surface area contributed by atoms with Crippen molar-refractivity contribution in [3.63, 3.8) is 0 Å². The summed E-state index contributed by atoms with van der Waals surface area (Å²) in [5.74, 6) is 0.637. The van der Waals surface area contributed by atoms with E-state index in [1.807, 2.05) is 30.3 Å². The van der Waals surface area contributed by atoms with Crippen LogP contribution in [0.2, 0.25) is 0 Å². The minimum Gasteiger partial charge on any atom is -0.493 e. The maximum atomic E-state index is 12.4. The number of nitro groups is 1. The third-order valence-corrected chi connectivity index (χ3v) is 3.80. The van der Waals surface area contributed by atoms with Crippen LogP contribution >= 0.6 is 0 Å². The SMILES string of the molecule is O=C(CCOc1ccccc1)N1CCc2ccc([N+](=O)[O-])cc21. The van der Waals surface area contributed by atoms with Crippen molar-refractivity contribution >= 4 is 17.3 Å². The first-order chi connectivity index (χ1) is 11.1. The number of hydrogen-bond donors (Lipinski definition) is 0. The van der Waals surface area contributed by atoms with Gasteiger partial charge in [-0.05, 0) is 24.1 Å². The van der Waals surface area contributed by atoms with Crippen LogP contribution in [0.15, 0.2) is 48.5 Å². The van der Waals surface area contributed by atoms with Gasteiger partial charge in [0.25, 0.3) is 5.69 Å². The fraction of sp³-hybridized carbons (Fsp3) is 0.235. The number of nitro benzene ring substituents is 1. The molecular formula is C17H16N2O4. The lowest BCUT2D eigenvalue weighted by Gasteiger charge is -2.17. The van der Waals surface area contributed by atoms with E-state index in [1.54, 1.807) is 11.0 Å². The van der Waals surface area contributed by atoms with Gasteiger partial charge in [-0.15, -0.1) is 0 Å². The second-order valence-electron chi connectivity index (χ2n) is 5.28. The normalized spacial score (nSPS) is 12.8. The monoisotopic (exact) mass is 312 g/mol. The number of carbonyl (C=O) groups is 1. The summed E-state index contributed by atoms with van der Waals surface area (Å²) in [6.45, 7) is 0.838. The van der Waals surface area contributed by atoms with Crippen molar-refractivity contribution in [2.75, 3.05) is 18.1 Å². The molecular weight excluding hydrogens is 296 g/mol. The second kappa shape index (κ2) is 6.48. The molecule has 3 rings (SSSR count). The predicted molar refractivity (Wildman–Crippen MR) is 85.7 cm³/mol. The number of non-ortho nitro benzene ring substituents is 1. The summed E-state index contributed by atoms with van der Waals surface area (Å²) in [5.41, 5.74) is 1.61. The highest BCUT2D eigenvalue weighted by molar-refractivity contribution is 5.95. The predicted octanol–water partition coefficient (Wildman–Crippen LogP) is 2.95. The molecule has 0 fully saturated rings. The minimum atomic E-state index is -0.445. The van der Waals surface area contributed by atoms with Crippen LogP contribution in [0.1, 0.15) is 12.0 Å². The Kier molecular flexibility index (Phi) is 4.23. The molecule has 0 atom stereocenters. The molecule has 23 heavy (non-hydrogen) atoms. The number of para-hydroxylation sites is 1. The molecule has 0 aromatic heterocycles. The Morgan fingerprint density at radius 2 is 2.00 bits per heavy atom. The summed E-state index contributed by atoms with van der Waals surface area (Å²) in [6.07, 6.45) is 0.954. The fourth-order valence-electron chi connectivity index (χ4n) is 2.65. The first-order valence-electron chi connectivity index (χ1n) is 7.40. The van der Waals surface area contributed by atoms with Crippen molar-refractivity contribution in [1.29, 1.82) is 0 Å². The van der Waals surface area contributed by atoms with Crippen molar-refractivity contribution in [2.45, 2.75) is 12.8 Å². The molecule has 6 nitrogen and oxygen atoms in total. The summed E-state index contributed by atoms with van der Waals surface area (Å²) in [5, 5.41) is 10.9. The highest BCUT2D eigenvalue weighted by atomic mass is 16.6. The van der Waals surface area contributed by atoms with Gasteiger partial charge in [0.2, 0.25) is 5.91 Å². The van der Waals surface area contributed by atoms with Gasteiger partial charge in [-0.3, -0.25) is 14.9 Å². The fourth-order valence-corrected chi connectivity index (χ4v) is 2.65. The lowest BCUT2D eigenvalue weighted by atomic mass is 10.1. The molecule has 2 aromatic carbocycles. The summed E-state index contributed by atoms with van der Waals surface area (Å²) in [6, 6.07) is 14.0. The zero-order valence-corrected chi connectivity index (χ0v) is 12.5. The topological polar surface area (TPSA) is 72.7 Å². The van der Waals surface area contributed by atoms with Crippen molar-refractivity contribution in [1.82, 2.24) is 0 Å². The average molecular weight is 312 g/mol. The van der Waals surface area contributed by atoms with E-state index in [9.17, 15) is 14.9 Å². The van der Waals surface area contributed by atoms with E-state index in [0.29, 0.717) is 12.2 Å². The van der Waals surface area contributed by atoms with E-state index < -0.39 is 4.92 Å². The molecule has 0 bridgehead atoms. The second-order valence-corrected chi connectivity index (χ2v) is 5.28. The number of fused-ring (bicyclic) bond motifs is 1. The van der Waals surface area contributed by atoms with E-state index in [1.165, 1.54) is 12.1 Å². The van der Waals surface area contributed by atoms with Crippen molar-refractivity contribution in [3.05, 3.63) is 64.2 Å². The summed E-state index contributed by atoms with van der Waals surface area (Å²) in [7, 11) is 0. The molecule has 1 heterocycles. The summed E-state index contributed by atoms with van der Waals surface area (Å²) in [4.78, 5) is 24.4. The molecule has 118 valence electrons. The number of ether oxygens (including phenoxy) is 1. The van der Waals surface area contributed by atoms with Gasteiger partial charge in [-0.2, -0.15) is 0 Å². The zero-order chi connectivity index (χ0) is 16.2. The summed E-state index contributed by atoms with van der Waals surface area (Å²) < 4.78 is 5.53. The van der Waals surface area contributed by atoms with Crippen LogP contribution in [0.5, 0.6) is 5.75 Å². The molecule has 0 radical (unpaired) electrons. The number of carbonyl (C=O) groups excluding carboxylic acids is 1. The number of hydrogen-bond acceptors (Lipinski definition) is 4. The minimum absolute atomic E-state index is 0.00369. The zero-order valence-electron chi connectivity index (χ0n) is 12.5. The molecule has 0 saturated carbocycles. The number of nitrogens with zero attached hydrogens (tertiary/aromatic N) is 2. The van der Waals surface area contributed by atoms with Gasteiger partial charge < -0.3 is 9.64 Å². The number of anilines is 1. The van der Waals surface area contributed by atoms with Crippen LogP contribution in [0.25, 0.3) is 0 Å². The van der Waals surface area contributed by atoms with E-state index in [-0.39, 0.29) is 24.6 Å². The lowest BCUT2D eigenvalue weighted by molar-refractivity contribution is -0.384. The standard InChI is InChI=1S/C17H16N2O4/c20-17(9-11-23-15-4-2-1-3-5-15)18-10-8-13-6-7-14(19(21)22)12-16(13)18/h1-7,12H,8-11H2. The summed E-state index contributed by atoms with van der Waals surface area (Å²) >= 11 is 0. The van der Waals surface area contributed by atoms with E-state index >= 15 is 0 Å². The molecule has 0 N–H and O–H groups in total. The lowest BCUT2D eigenvalue weighted by Crippen LogP contribution is -2.30. The highest BCUT2D eigenvalue weighted by Gasteiger charge is 2.26. The van der Waals surface area contributed by atoms with Crippen LogP contribution < -0.4 is 9.64 Å². The van der Waals surface area contributed by atoms with Crippen molar-refractivity contribution in [2.24, 2.45) is 0 Å². The Bertz CT molecular complexity index is 731. The van der Waals surface area contributed by atoms with Crippen molar-refractivity contribution in [3.8, 4) is 5.75 Å². The molecule has 0 spiro atoms. The molecule has 0 saturated heterocycles. The maximum absolute atomic E-state index is 12.4. The maximum Gasteiger partial charge on any atom is 0.271 e. The van der Waals surface area contributed by atoms with Crippen LogP contribution in [-0.4, -0.2) is 24.0 Å². The van der Waals surface area contributed by atoms with Gasteiger partial charge in [-0.25, -0.2) is 0 Å². The van der Waals surface area contributed by atoms with Crippen LogP contribution in [-0.2, 0) is 11.2 Å². The van der Waals surface area contributed by atoms with E-state index in [4.69, 9.17) is 4.74 Å². The number of rotatable bonds is 5. The molecule has 6 heteroatoms. The molecule has 0 aliphatic carbocycles. The number of benzene rings is 2. The van der Waals surface area contributed by atoms with Gasteiger partial charge in [0.05, 0.1) is 23.6 Å². The van der Waals surface area contributed by atoms with Gasteiger partial charge in [0.15, 0.2) is 0 Å².